The van der Waals surface area contributed by atoms with Gasteiger partial charge < -0.3 is 25.0 Å². The quantitative estimate of drug-likeness (QED) is 0.0534. The van der Waals surface area contributed by atoms with Gasteiger partial charge in [0.25, 0.3) is 0 Å². The third kappa shape index (κ3) is 12.7. The molecule has 1 aliphatic rings. The van der Waals surface area contributed by atoms with E-state index in [2.05, 4.69) is 27.8 Å². The summed E-state index contributed by atoms with van der Waals surface area (Å²) in [6.07, 6.45) is 16.6. The number of benzene rings is 3. The first kappa shape index (κ1) is 39.4. The van der Waals surface area contributed by atoms with Crippen molar-refractivity contribution in [2.45, 2.75) is 133 Å². The van der Waals surface area contributed by atoms with Crippen molar-refractivity contribution in [1.82, 2.24) is 20.2 Å². The van der Waals surface area contributed by atoms with E-state index in [0.717, 1.165) is 40.9 Å². The van der Waals surface area contributed by atoms with Crippen LogP contribution in [0.5, 0.6) is 5.75 Å². The first-order chi connectivity index (χ1) is 25.5. The van der Waals surface area contributed by atoms with Crippen LogP contribution < -0.4 is 5.32 Å². The van der Waals surface area contributed by atoms with Crippen LogP contribution in [0, 0.1) is 0 Å². The Morgan fingerprint density at radius 2 is 1.52 bits per heavy atom. The minimum Gasteiger partial charge on any atom is -0.508 e. The van der Waals surface area contributed by atoms with Gasteiger partial charge in [-0.3, -0.25) is 4.79 Å². The van der Waals surface area contributed by atoms with Crippen molar-refractivity contribution >= 4 is 23.4 Å². The molecule has 0 spiro atoms. The molecule has 0 aliphatic carbocycles. The second-order valence-corrected chi connectivity index (χ2v) is 14.7. The molecule has 1 saturated heterocycles. The number of amides is 1. The standard InChI is InChI=1S/C41H55N5O5S/c1-2-3-4-5-6-7-8-9-10-11-12-13-14-18-39(49)42-34-17-15-16-33(27-34)40-50-37(28-38(51-40)32-21-19-31(29-47)20-22-32)30-52-41-43-44-45-46(41)35-23-25-36(48)26-24-35/h15-17,19-27,37-38,40,47-48H,2-14,18,28-30H2,1H3,(H,42,49). The van der Waals surface area contributed by atoms with Gasteiger partial charge in [0.05, 0.1) is 24.5 Å². The third-order valence-electron chi connectivity index (χ3n) is 9.50. The van der Waals surface area contributed by atoms with Gasteiger partial charge in [-0.2, -0.15) is 4.68 Å². The van der Waals surface area contributed by atoms with E-state index in [1.165, 1.54) is 82.4 Å². The van der Waals surface area contributed by atoms with Crippen LogP contribution in [0.25, 0.3) is 5.69 Å². The Hall–Kier alpha value is -3.77. The van der Waals surface area contributed by atoms with Gasteiger partial charge in [0.15, 0.2) is 6.29 Å². The van der Waals surface area contributed by atoms with Crippen LogP contribution in [0.1, 0.15) is 132 Å². The Morgan fingerprint density at radius 3 is 2.19 bits per heavy atom. The monoisotopic (exact) mass is 729 g/mol. The predicted molar refractivity (Wildman–Crippen MR) is 205 cm³/mol. The first-order valence-corrected chi connectivity index (χ1v) is 20.1. The van der Waals surface area contributed by atoms with E-state index in [1.807, 2.05) is 48.5 Å². The molecule has 1 fully saturated rings. The molecule has 280 valence electrons. The highest BCUT2D eigenvalue weighted by atomic mass is 32.2. The zero-order valence-electron chi connectivity index (χ0n) is 30.5. The lowest BCUT2D eigenvalue weighted by Crippen LogP contribution is -2.31. The lowest BCUT2D eigenvalue weighted by molar-refractivity contribution is -0.245. The number of phenolic OH excluding ortho intramolecular Hbond substituents is 1. The number of aliphatic hydroxyl groups excluding tert-OH is 1. The van der Waals surface area contributed by atoms with E-state index in [-0.39, 0.29) is 30.5 Å². The maximum atomic E-state index is 12.9. The SMILES string of the molecule is CCCCCCCCCCCCCCCC(=O)Nc1cccc(C2OC(CSc3nnnn3-c3ccc(O)cc3)CC(c3ccc(CO)cc3)O2)c1. The summed E-state index contributed by atoms with van der Waals surface area (Å²) in [4.78, 5) is 12.9. The number of phenols is 1. The molecular formula is C41H55N5O5S. The number of ether oxygens (including phenoxy) is 2. The molecule has 1 aliphatic heterocycles. The van der Waals surface area contributed by atoms with Gasteiger partial charge in [0.2, 0.25) is 11.1 Å². The van der Waals surface area contributed by atoms with Crippen molar-refractivity contribution in [2.75, 3.05) is 11.1 Å². The number of aromatic nitrogens is 4. The maximum Gasteiger partial charge on any atom is 0.224 e. The number of nitrogens with one attached hydrogen (secondary N) is 1. The topological polar surface area (TPSA) is 132 Å². The van der Waals surface area contributed by atoms with Crippen molar-refractivity contribution in [3.05, 3.63) is 89.5 Å². The molecule has 2 heterocycles. The van der Waals surface area contributed by atoms with Gasteiger partial charge in [0, 0.05) is 29.8 Å². The summed E-state index contributed by atoms with van der Waals surface area (Å²) in [5.41, 5.74) is 4.11. The first-order valence-electron chi connectivity index (χ1n) is 19.1. The van der Waals surface area contributed by atoms with Crippen molar-refractivity contribution in [1.29, 1.82) is 0 Å². The molecule has 3 N–H and O–H groups in total. The molecule has 10 nitrogen and oxygen atoms in total. The molecule has 0 radical (unpaired) electrons. The summed E-state index contributed by atoms with van der Waals surface area (Å²) in [5, 5.41) is 35.2. The number of tetrazole rings is 1. The molecule has 5 rings (SSSR count). The average Bonchev–Trinajstić information content (AvgIpc) is 3.65. The van der Waals surface area contributed by atoms with E-state index in [9.17, 15) is 15.0 Å². The minimum atomic E-state index is -0.659. The summed E-state index contributed by atoms with van der Waals surface area (Å²) < 4.78 is 14.7. The highest BCUT2D eigenvalue weighted by molar-refractivity contribution is 7.99. The van der Waals surface area contributed by atoms with Crippen LogP contribution >= 0.6 is 11.8 Å². The molecule has 0 saturated carbocycles. The Labute approximate surface area is 312 Å². The molecule has 52 heavy (non-hydrogen) atoms. The number of nitrogens with zero attached hydrogens (tertiary/aromatic N) is 4. The molecular weight excluding hydrogens is 675 g/mol. The number of aliphatic hydroxyl groups is 1. The van der Waals surface area contributed by atoms with Crippen molar-refractivity contribution in [3.63, 3.8) is 0 Å². The largest absolute Gasteiger partial charge is 0.508 e. The number of thioether (sulfide) groups is 1. The number of carbonyl (C=O) groups is 1. The van der Waals surface area contributed by atoms with Gasteiger partial charge in [-0.25, -0.2) is 0 Å². The Balaban J connectivity index is 1.12. The Bertz CT molecular complexity index is 1620. The summed E-state index contributed by atoms with van der Waals surface area (Å²) in [5.74, 6) is 0.761. The summed E-state index contributed by atoms with van der Waals surface area (Å²) >= 11 is 1.48. The van der Waals surface area contributed by atoms with E-state index in [1.54, 1.807) is 28.9 Å². The van der Waals surface area contributed by atoms with Crippen molar-refractivity contribution < 1.29 is 24.5 Å². The molecule has 3 unspecified atom stereocenters. The van der Waals surface area contributed by atoms with E-state index in [4.69, 9.17) is 9.47 Å². The number of hydrogen-bond acceptors (Lipinski definition) is 9. The fourth-order valence-corrected chi connectivity index (χ4v) is 7.41. The zero-order chi connectivity index (χ0) is 36.4. The van der Waals surface area contributed by atoms with Gasteiger partial charge in [-0.05, 0) is 64.4 Å². The predicted octanol–water partition coefficient (Wildman–Crippen LogP) is 9.62. The zero-order valence-corrected chi connectivity index (χ0v) is 31.3. The molecule has 0 bridgehead atoms. The van der Waals surface area contributed by atoms with Gasteiger partial charge >= 0.3 is 0 Å². The average molecular weight is 730 g/mol. The number of aromatic hydroxyl groups is 1. The van der Waals surface area contributed by atoms with Crippen LogP contribution in [-0.4, -0.2) is 48.2 Å². The summed E-state index contributed by atoms with van der Waals surface area (Å²) in [6, 6.07) is 22.2. The van der Waals surface area contributed by atoms with Crippen molar-refractivity contribution in [2.24, 2.45) is 0 Å². The summed E-state index contributed by atoms with van der Waals surface area (Å²) in [6.45, 7) is 2.24. The van der Waals surface area contributed by atoms with Gasteiger partial charge in [-0.1, -0.05) is 132 Å². The highest BCUT2D eigenvalue weighted by Gasteiger charge is 2.33. The van der Waals surface area contributed by atoms with Gasteiger partial charge in [0.1, 0.15) is 5.75 Å². The van der Waals surface area contributed by atoms with Gasteiger partial charge in [-0.15, -0.1) is 5.10 Å². The van der Waals surface area contributed by atoms with Crippen LogP contribution in [-0.2, 0) is 20.9 Å². The molecule has 3 aromatic carbocycles. The fourth-order valence-electron chi connectivity index (χ4n) is 6.50. The highest BCUT2D eigenvalue weighted by Crippen LogP contribution is 2.40. The fraction of sp³-hybridized carbons (Fsp3) is 0.512. The van der Waals surface area contributed by atoms with Crippen LogP contribution in [0.3, 0.4) is 0 Å². The molecule has 1 amide bonds. The number of hydrogen-bond donors (Lipinski definition) is 3. The van der Waals surface area contributed by atoms with E-state index < -0.39 is 6.29 Å². The Morgan fingerprint density at radius 1 is 0.846 bits per heavy atom. The smallest absolute Gasteiger partial charge is 0.224 e. The van der Waals surface area contributed by atoms with E-state index in [0.29, 0.717) is 23.8 Å². The third-order valence-corrected chi connectivity index (χ3v) is 10.5. The normalized spacial score (nSPS) is 17.3. The van der Waals surface area contributed by atoms with Crippen LogP contribution in [0.4, 0.5) is 5.69 Å². The lowest BCUT2D eigenvalue weighted by Gasteiger charge is -2.36. The van der Waals surface area contributed by atoms with E-state index >= 15 is 0 Å². The minimum absolute atomic E-state index is 0.0215. The number of unbranched alkanes of at least 4 members (excludes halogenated alkanes) is 12. The number of carbonyl (C=O) groups excluding carboxylic acids is 1. The molecule has 1 aromatic heterocycles. The number of rotatable bonds is 22. The van der Waals surface area contributed by atoms with Crippen LogP contribution in [0.2, 0.25) is 0 Å². The summed E-state index contributed by atoms with van der Waals surface area (Å²) in [7, 11) is 0. The molecule has 3 atom stereocenters. The number of anilines is 1. The second kappa shape index (κ2) is 21.7. The lowest BCUT2D eigenvalue weighted by atomic mass is 10.0. The Kier molecular flexibility index (Phi) is 16.4. The second-order valence-electron chi connectivity index (χ2n) is 13.7. The maximum absolute atomic E-state index is 12.9. The van der Waals surface area contributed by atoms with Crippen LogP contribution in [0.15, 0.2) is 78.0 Å². The molecule has 4 aromatic rings. The van der Waals surface area contributed by atoms with Crippen molar-refractivity contribution in [3.8, 4) is 11.4 Å². The molecule has 11 heteroatoms.